The molecular weight excluding hydrogens is 442 g/mol. The zero-order valence-corrected chi connectivity index (χ0v) is 19.6. The van der Waals surface area contributed by atoms with Crippen molar-refractivity contribution in [3.8, 4) is 0 Å². The van der Waals surface area contributed by atoms with Crippen LogP contribution < -0.4 is 5.32 Å². The van der Waals surface area contributed by atoms with Crippen LogP contribution in [0.3, 0.4) is 0 Å². The van der Waals surface area contributed by atoms with Gasteiger partial charge in [0.1, 0.15) is 6.04 Å². The highest BCUT2D eigenvalue weighted by Gasteiger charge is 2.35. The normalized spacial score (nSPS) is 13.6. The van der Waals surface area contributed by atoms with E-state index in [1.54, 1.807) is 43.3 Å². The van der Waals surface area contributed by atoms with Gasteiger partial charge in [0.25, 0.3) is 11.8 Å². The van der Waals surface area contributed by atoms with Crippen molar-refractivity contribution in [2.45, 2.75) is 45.7 Å². The van der Waals surface area contributed by atoms with Crippen LogP contribution in [0.25, 0.3) is 0 Å². The number of nitrogens with zero attached hydrogens (tertiary/aromatic N) is 2. The van der Waals surface area contributed by atoms with Crippen LogP contribution in [0.5, 0.6) is 0 Å². The Morgan fingerprint density at radius 2 is 1.64 bits per heavy atom. The third-order valence-electron chi connectivity index (χ3n) is 5.63. The quantitative estimate of drug-likeness (QED) is 0.538. The minimum absolute atomic E-state index is 0.104. The first kappa shape index (κ1) is 24.5. The van der Waals surface area contributed by atoms with Crippen LogP contribution in [0, 0.1) is 0 Å². The molecule has 8 heteroatoms. The highest BCUT2D eigenvalue weighted by molar-refractivity contribution is 6.30. The summed E-state index contributed by atoms with van der Waals surface area (Å²) in [5, 5.41) is 3.42. The molecular formula is C25H28ClN3O4. The maximum atomic E-state index is 13.1. The third-order valence-corrected chi connectivity index (χ3v) is 5.89. The Bertz CT molecular complexity index is 1000. The van der Waals surface area contributed by atoms with Gasteiger partial charge in [-0.25, -0.2) is 0 Å². The summed E-state index contributed by atoms with van der Waals surface area (Å²) in [6, 6.07) is 13.1. The number of imide groups is 1. The SMILES string of the molecule is CCCNC(=O)[C@@H](C)N(Cc1ccc(Cl)cc1)C(=O)CCCN1C(=O)c2ccccc2C1=O. The summed E-state index contributed by atoms with van der Waals surface area (Å²) in [6.45, 7) is 4.59. The first-order chi connectivity index (χ1) is 15.8. The van der Waals surface area contributed by atoms with Gasteiger partial charge in [0, 0.05) is 31.1 Å². The number of halogens is 1. The van der Waals surface area contributed by atoms with Gasteiger partial charge in [-0.3, -0.25) is 24.1 Å². The van der Waals surface area contributed by atoms with Gasteiger partial charge in [-0.05, 0) is 49.6 Å². The van der Waals surface area contributed by atoms with E-state index < -0.39 is 6.04 Å². The zero-order chi connectivity index (χ0) is 24.0. The molecule has 2 aromatic carbocycles. The third kappa shape index (κ3) is 5.79. The number of fused-ring (bicyclic) bond motifs is 1. The molecule has 1 N–H and O–H groups in total. The highest BCUT2D eigenvalue weighted by Crippen LogP contribution is 2.23. The van der Waals surface area contributed by atoms with E-state index in [0.29, 0.717) is 29.1 Å². The molecule has 0 spiro atoms. The van der Waals surface area contributed by atoms with Gasteiger partial charge in [-0.2, -0.15) is 0 Å². The number of amides is 4. The van der Waals surface area contributed by atoms with Gasteiger partial charge >= 0.3 is 0 Å². The molecule has 1 heterocycles. The number of rotatable bonds is 10. The van der Waals surface area contributed by atoms with E-state index in [2.05, 4.69) is 5.32 Å². The average Bonchev–Trinajstić information content (AvgIpc) is 3.06. The number of hydrogen-bond donors (Lipinski definition) is 1. The predicted molar refractivity (Wildman–Crippen MR) is 126 cm³/mol. The van der Waals surface area contributed by atoms with Crippen LogP contribution in [0.4, 0.5) is 0 Å². The molecule has 2 aromatic rings. The second kappa shape index (κ2) is 11.1. The minimum Gasteiger partial charge on any atom is -0.354 e. The molecule has 0 saturated heterocycles. The van der Waals surface area contributed by atoms with Crippen LogP contribution in [0.2, 0.25) is 5.02 Å². The van der Waals surface area contributed by atoms with Crippen LogP contribution in [-0.2, 0) is 16.1 Å². The second-order valence-corrected chi connectivity index (χ2v) is 8.46. The van der Waals surface area contributed by atoms with E-state index in [0.717, 1.165) is 12.0 Å². The summed E-state index contributed by atoms with van der Waals surface area (Å²) < 4.78 is 0. The standard InChI is InChI=1S/C25H28ClN3O4/c1-3-14-27-23(31)17(2)29(16-18-10-12-19(26)13-11-18)22(30)9-6-15-28-24(32)20-7-4-5-8-21(20)25(28)33/h4-5,7-8,10-13,17H,3,6,9,14-16H2,1-2H3,(H,27,31)/t17-/m1/s1. The largest absolute Gasteiger partial charge is 0.354 e. The lowest BCUT2D eigenvalue weighted by molar-refractivity contribution is -0.140. The smallest absolute Gasteiger partial charge is 0.261 e. The number of hydrogen-bond acceptors (Lipinski definition) is 4. The maximum absolute atomic E-state index is 13.1. The van der Waals surface area contributed by atoms with E-state index in [1.165, 1.54) is 9.80 Å². The van der Waals surface area contributed by atoms with Gasteiger partial charge in [0.2, 0.25) is 11.8 Å². The average molecular weight is 470 g/mol. The number of carbonyl (C=O) groups is 4. The second-order valence-electron chi connectivity index (χ2n) is 8.03. The van der Waals surface area contributed by atoms with Crippen molar-refractivity contribution in [1.82, 2.24) is 15.1 Å². The highest BCUT2D eigenvalue weighted by atomic mass is 35.5. The van der Waals surface area contributed by atoms with Gasteiger partial charge in [0.15, 0.2) is 0 Å². The van der Waals surface area contributed by atoms with Gasteiger partial charge < -0.3 is 10.2 Å². The van der Waals surface area contributed by atoms with Crippen molar-refractivity contribution in [2.75, 3.05) is 13.1 Å². The Morgan fingerprint density at radius 3 is 2.21 bits per heavy atom. The molecule has 0 unspecified atom stereocenters. The van der Waals surface area contributed by atoms with Crippen molar-refractivity contribution in [1.29, 1.82) is 0 Å². The Kier molecular flexibility index (Phi) is 8.22. The summed E-state index contributed by atoms with van der Waals surface area (Å²) in [4.78, 5) is 53.4. The van der Waals surface area contributed by atoms with Gasteiger partial charge in [-0.15, -0.1) is 0 Å². The molecule has 0 saturated carbocycles. The van der Waals surface area contributed by atoms with E-state index in [1.807, 2.05) is 19.1 Å². The van der Waals surface area contributed by atoms with Crippen LogP contribution in [0.15, 0.2) is 48.5 Å². The lowest BCUT2D eigenvalue weighted by Crippen LogP contribution is -2.47. The molecule has 1 aliphatic rings. The van der Waals surface area contributed by atoms with Crippen LogP contribution in [-0.4, -0.2) is 52.6 Å². The van der Waals surface area contributed by atoms with Gasteiger partial charge in [-0.1, -0.05) is 42.8 Å². The molecule has 0 fully saturated rings. The topological polar surface area (TPSA) is 86.8 Å². The maximum Gasteiger partial charge on any atom is 0.261 e. The molecule has 0 radical (unpaired) electrons. The van der Waals surface area contributed by atoms with E-state index in [4.69, 9.17) is 11.6 Å². The molecule has 3 rings (SSSR count). The van der Waals surface area contributed by atoms with Crippen LogP contribution in [0.1, 0.15) is 59.4 Å². The first-order valence-corrected chi connectivity index (χ1v) is 11.5. The molecule has 1 aliphatic heterocycles. The molecule has 33 heavy (non-hydrogen) atoms. The summed E-state index contributed by atoms with van der Waals surface area (Å²) in [5.74, 6) is -1.12. The van der Waals surface area contributed by atoms with E-state index >= 15 is 0 Å². The van der Waals surface area contributed by atoms with E-state index in [9.17, 15) is 19.2 Å². The fourth-order valence-electron chi connectivity index (χ4n) is 3.74. The predicted octanol–water partition coefficient (Wildman–Crippen LogP) is 3.66. The van der Waals surface area contributed by atoms with E-state index in [-0.39, 0.29) is 43.1 Å². The Balaban J connectivity index is 1.65. The minimum atomic E-state index is -0.668. The number of benzene rings is 2. The molecule has 0 aliphatic carbocycles. The van der Waals surface area contributed by atoms with Crippen molar-refractivity contribution < 1.29 is 19.2 Å². The lowest BCUT2D eigenvalue weighted by Gasteiger charge is -2.29. The zero-order valence-electron chi connectivity index (χ0n) is 18.8. The number of nitrogens with one attached hydrogen (secondary N) is 1. The van der Waals surface area contributed by atoms with Crippen LogP contribution >= 0.6 is 11.6 Å². The summed E-state index contributed by atoms with van der Waals surface area (Å²) in [5.41, 5.74) is 1.63. The first-order valence-electron chi connectivity index (χ1n) is 11.1. The molecule has 4 amide bonds. The number of carbonyl (C=O) groups excluding carboxylic acids is 4. The Labute approximate surface area is 198 Å². The molecule has 1 atom stereocenters. The fraction of sp³-hybridized carbons (Fsp3) is 0.360. The fourth-order valence-corrected chi connectivity index (χ4v) is 3.87. The summed E-state index contributed by atoms with van der Waals surface area (Å²) in [6.07, 6.45) is 1.21. The molecule has 7 nitrogen and oxygen atoms in total. The molecule has 0 bridgehead atoms. The lowest BCUT2D eigenvalue weighted by atomic mass is 10.1. The van der Waals surface area contributed by atoms with Gasteiger partial charge in [0.05, 0.1) is 11.1 Å². The van der Waals surface area contributed by atoms with Crippen molar-refractivity contribution in [3.63, 3.8) is 0 Å². The monoisotopic (exact) mass is 469 g/mol. The summed E-state index contributed by atoms with van der Waals surface area (Å²) in [7, 11) is 0. The van der Waals surface area contributed by atoms with Crippen molar-refractivity contribution >= 4 is 35.2 Å². The molecule has 174 valence electrons. The summed E-state index contributed by atoms with van der Waals surface area (Å²) >= 11 is 5.96. The Hall–Kier alpha value is -3.19. The van der Waals surface area contributed by atoms with Crippen molar-refractivity contribution in [2.24, 2.45) is 0 Å². The molecule has 0 aromatic heterocycles. The van der Waals surface area contributed by atoms with Crippen molar-refractivity contribution in [3.05, 3.63) is 70.2 Å². The Morgan fingerprint density at radius 1 is 1.03 bits per heavy atom.